The lowest BCUT2D eigenvalue weighted by Gasteiger charge is -2.08. The molecule has 4 aromatic rings. The summed E-state index contributed by atoms with van der Waals surface area (Å²) in [5, 5.41) is 3.22. The number of nitrogens with one attached hydrogen (secondary N) is 1. The topological polar surface area (TPSA) is 51.0 Å². The Morgan fingerprint density at radius 3 is 2.73 bits per heavy atom. The Bertz CT molecular complexity index is 1230. The molecule has 4 nitrogen and oxygen atoms in total. The zero-order valence-corrected chi connectivity index (χ0v) is 17.2. The second-order valence-electron chi connectivity index (χ2n) is 6.94. The summed E-state index contributed by atoms with van der Waals surface area (Å²) in [5.41, 5.74) is 3.93. The van der Waals surface area contributed by atoms with E-state index in [1.165, 1.54) is 41.5 Å². The lowest BCUT2D eigenvalue weighted by molar-refractivity contribution is 0.572. The van der Waals surface area contributed by atoms with Crippen LogP contribution < -0.4 is 5.32 Å². The number of benzene rings is 2. The summed E-state index contributed by atoms with van der Waals surface area (Å²) in [6.45, 7) is 0. The van der Waals surface area contributed by atoms with E-state index in [2.05, 4.69) is 22.4 Å². The highest BCUT2D eigenvalue weighted by atomic mass is 32.1. The lowest BCUT2D eigenvalue weighted by atomic mass is 10.0. The molecule has 0 spiro atoms. The molecule has 0 fully saturated rings. The van der Waals surface area contributed by atoms with E-state index >= 15 is 0 Å². The number of thiazole rings is 1. The van der Waals surface area contributed by atoms with Crippen molar-refractivity contribution >= 4 is 34.2 Å². The average Bonchev–Trinajstić information content (AvgIpc) is 3.39. The highest BCUT2D eigenvalue weighted by molar-refractivity contribution is 7.81. The normalized spacial score (nSPS) is 12.7. The Balaban J connectivity index is 1.53. The highest BCUT2D eigenvalue weighted by Crippen LogP contribution is 2.39. The van der Waals surface area contributed by atoms with Gasteiger partial charge in [0.25, 0.3) is 0 Å². The molecule has 2 heterocycles. The number of aromatic nitrogens is 2. The second kappa shape index (κ2) is 7.70. The minimum absolute atomic E-state index is 0.199. The molecule has 150 valence electrons. The number of nitrogens with zero attached hydrogens (tertiary/aromatic N) is 2. The second-order valence-corrected chi connectivity index (χ2v) is 8.34. The van der Waals surface area contributed by atoms with Gasteiger partial charge in [-0.2, -0.15) is 0 Å². The van der Waals surface area contributed by atoms with Gasteiger partial charge in [-0.25, -0.2) is 18.7 Å². The van der Waals surface area contributed by atoms with Gasteiger partial charge in [-0.3, -0.25) is 0 Å². The van der Waals surface area contributed by atoms with Crippen LogP contribution in [0.5, 0.6) is 0 Å². The van der Waals surface area contributed by atoms with Crippen LogP contribution in [0, 0.1) is 11.6 Å². The van der Waals surface area contributed by atoms with E-state index in [1.54, 1.807) is 6.20 Å². The van der Waals surface area contributed by atoms with Gasteiger partial charge in [0.15, 0.2) is 17.2 Å². The Morgan fingerprint density at radius 1 is 1.13 bits per heavy atom. The van der Waals surface area contributed by atoms with Crippen LogP contribution in [0.1, 0.15) is 22.7 Å². The first kappa shape index (κ1) is 19.0. The molecule has 0 saturated heterocycles. The molecule has 0 unspecified atom stereocenters. The van der Waals surface area contributed by atoms with E-state index in [0.717, 1.165) is 41.0 Å². The van der Waals surface area contributed by atoms with Gasteiger partial charge in [0, 0.05) is 5.56 Å². The standard InChI is InChI=1S/C22H15F2N3OS2/c23-15-4-2-5-16(24)19(15)27-21(29)22-26-17-6-1-3-12-7-8-13(18-10-25-11-28-18)9-14(12)20(17)30-22/h2,4-5,7-11H,1,3,6H2,(H,27,29). The van der Waals surface area contributed by atoms with Gasteiger partial charge in [-0.1, -0.05) is 30.4 Å². The SMILES string of the molecule is Fc1cccc(F)c1NC(=S)c1nc2c(s1)-c1cc(-c3cnco3)ccc1CCC2. The molecule has 1 aliphatic rings. The van der Waals surface area contributed by atoms with E-state index < -0.39 is 11.6 Å². The maximum absolute atomic E-state index is 14.0. The van der Waals surface area contributed by atoms with Gasteiger partial charge >= 0.3 is 0 Å². The van der Waals surface area contributed by atoms with Gasteiger partial charge in [0.1, 0.15) is 22.3 Å². The van der Waals surface area contributed by atoms with Gasteiger partial charge in [-0.15, -0.1) is 11.3 Å². The molecule has 0 atom stereocenters. The van der Waals surface area contributed by atoms with Crippen LogP contribution in [0.15, 0.2) is 53.4 Å². The number of halogens is 2. The summed E-state index contributed by atoms with van der Waals surface area (Å²) in [5.74, 6) is -0.699. The average molecular weight is 440 g/mol. The van der Waals surface area contributed by atoms with Crippen molar-refractivity contribution < 1.29 is 13.2 Å². The summed E-state index contributed by atoms with van der Waals surface area (Å²) in [7, 11) is 0. The fourth-order valence-electron chi connectivity index (χ4n) is 3.58. The summed E-state index contributed by atoms with van der Waals surface area (Å²) in [4.78, 5) is 9.91. The van der Waals surface area contributed by atoms with E-state index in [0.29, 0.717) is 10.8 Å². The third-order valence-electron chi connectivity index (χ3n) is 5.02. The van der Waals surface area contributed by atoms with Crippen LogP contribution >= 0.6 is 23.6 Å². The predicted octanol–water partition coefficient (Wildman–Crippen LogP) is 6.02. The number of hydrogen-bond donors (Lipinski definition) is 1. The van der Waals surface area contributed by atoms with Crippen LogP contribution in [0.25, 0.3) is 21.8 Å². The summed E-state index contributed by atoms with van der Waals surface area (Å²) >= 11 is 6.84. The number of thiocarbonyl (C=S) groups is 1. The molecule has 0 bridgehead atoms. The number of oxazole rings is 1. The van der Waals surface area contributed by atoms with Crippen molar-refractivity contribution in [3.8, 4) is 21.8 Å². The third kappa shape index (κ3) is 3.42. The Labute approximate surface area is 180 Å². The predicted molar refractivity (Wildman–Crippen MR) is 117 cm³/mol. The van der Waals surface area contributed by atoms with E-state index in [9.17, 15) is 8.78 Å². The first-order valence-corrected chi connectivity index (χ1v) is 10.6. The Hall–Kier alpha value is -2.97. The van der Waals surface area contributed by atoms with Crippen molar-refractivity contribution in [2.24, 2.45) is 0 Å². The fourth-order valence-corrected chi connectivity index (χ4v) is 4.91. The Kier molecular flexibility index (Phi) is 4.88. The molecular formula is C22H15F2N3OS2. The molecular weight excluding hydrogens is 424 g/mol. The van der Waals surface area contributed by atoms with Crippen LogP contribution in [-0.2, 0) is 12.8 Å². The lowest BCUT2D eigenvalue weighted by Crippen LogP contribution is -2.13. The first-order chi connectivity index (χ1) is 14.6. The molecule has 5 rings (SSSR count). The zero-order valence-electron chi connectivity index (χ0n) is 15.6. The van der Waals surface area contributed by atoms with Crippen molar-refractivity contribution in [1.29, 1.82) is 0 Å². The van der Waals surface area contributed by atoms with Crippen molar-refractivity contribution in [1.82, 2.24) is 9.97 Å². The third-order valence-corrected chi connectivity index (χ3v) is 6.60. The van der Waals surface area contributed by atoms with Crippen LogP contribution in [0.4, 0.5) is 14.5 Å². The summed E-state index contributed by atoms with van der Waals surface area (Å²) in [6, 6.07) is 9.90. The largest absolute Gasteiger partial charge is 0.444 e. The maximum Gasteiger partial charge on any atom is 0.181 e. The molecule has 0 saturated carbocycles. The van der Waals surface area contributed by atoms with Crippen molar-refractivity contribution in [3.05, 3.63) is 76.9 Å². The van der Waals surface area contributed by atoms with E-state index in [-0.39, 0.29) is 10.7 Å². The molecule has 2 aromatic heterocycles. The number of aryl methyl sites for hydroxylation is 2. The molecule has 30 heavy (non-hydrogen) atoms. The van der Waals surface area contributed by atoms with Gasteiger partial charge in [0.2, 0.25) is 0 Å². The van der Waals surface area contributed by atoms with E-state index in [1.807, 2.05) is 6.07 Å². The Morgan fingerprint density at radius 2 is 1.97 bits per heavy atom. The molecule has 2 aromatic carbocycles. The minimum atomic E-state index is -0.697. The fraction of sp³-hybridized carbons (Fsp3) is 0.136. The van der Waals surface area contributed by atoms with Crippen LogP contribution in [0.2, 0.25) is 0 Å². The smallest absolute Gasteiger partial charge is 0.181 e. The van der Waals surface area contributed by atoms with Gasteiger partial charge in [0.05, 0.1) is 16.8 Å². The number of fused-ring (bicyclic) bond motifs is 3. The van der Waals surface area contributed by atoms with Crippen molar-refractivity contribution in [2.45, 2.75) is 19.3 Å². The van der Waals surface area contributed by atoms with Crippen molar-refractivity contribution in [2.75, 3.05) is 5.32 Å². The summed E-state index contributed by atoms with van der Waals surface area (Å²) in [6.07, 6.45) is 5.82. The van der Waals surface area contributed by atoms with Gasteiger partial charge in [-0.05, 0) is 48.6 Å². The number of rotatable bonds is 3. The number of para-hydroxylation sites is 1. The molecule has 8 heteroatoms. The molecule has 1 aliphatic carbocycles. The monoisotopic (exact) mass is 439 g/mol. The summed E-state index contributed by atoms with van der Waals surface area (Å²) < 4.78 is 33.4. The molecule has 0 amide bonds. The minimum Gasteiger partial charge on any atom is -0.444 e. The van der Waals surface area contributed by atoms with Crippen LogP contribution in [0.3, 0.4) is 0 Å². The van der Waals surface area contributed by atoms with Crippen molar-refractivity contribution in [3.63, 3.8) is 0 Å². The first-order valence-electron chi connectivity index (χ1n) is 9.37. The van der Waals surface area contributed by atoms with Gasteiger partial charge < -0.3 is 9.73 Å². The number of hydrogen-bond acceptors (Lipinski definition) is 5. The quantitative estimate of drug-likeness (QED) is 0.396. The molecule has 0 radical (unpaired) electrons. The molecule has 0 aliphatic heterocycles. The molecule has 1 N–H and O–H groups in total. The maximum atomic E-state index is 14.0. The number of anilines is 1. The highest BCUT2D eigenvalue weighted by Gasteiger charge is 2.22. The van der Waals surface area contributed by atoms with E-state index in [4.69, 9.17) is 21.6 Å². The zero-order chi connectivity index (χ0) is 20.7. The van der Waals surface area contributed by atoms with Crippen LogP contribution in [-0.4, -0.2) is 15.0 Å².